The Morgan fingerprint density at radius 3 is 2.91 bits per heavy atom. The number of carbonyl (C=O) groups excluding carboxylic acids is 1. The molecule has 0 spiro atoms. The number of fused-ring (bicyclic) bond motifs is 1. The second-order valence-corrected chi connectivity index (χ2v) is 7.20. The molecule has 3 aromatic rings. The zero-order valence-electron chi connectivity index (χ0n) is 12.5. The number of hydrogen-bond acceptors (Lipinski definition) is 4. The van der Waals surface area contributed by atoms with Crippen LogP contribution in [0, 0.1) is 12.7 Å². The fourth-order valence-corrected chi connectivity index (χ4v) is 3.97. The lowest BCUT2D eigenvalue weighted by molar-refractivity contribution is -0.113. The van der Waals surface area contributed by atoms with Crippen molar-refractivity contribution >= 4 is 44.9 Å². The van der Waals surface area contributed by atoms with Gasteiger partial charge < -0.3 is 5.32 Å². The molecule has 23 heavy (non-hydrogen) atoms. The molecule has 0 unspecified atom stereocenters. The molecule has 1 amide bonds. The van der Waals surface area contributed by atoms with E-state index in [1.54, 1.807) is 23.5 Å². The summed E-state index contributed by atoms with van der Waals surface area (Å²) in [6, 6.07) is 12.7. The van der Waals surface area contributed by atoms with Gasteiger partial charge in [-0.15, -0.1) is 23.1 Å². The number of anilines is 1. The summed E-state index contributed by atoms with van der Waals surface area (Å²) >= 11 is 3.10. The first-order valence-electron chi connectivity index (χ1n) is 7.10. The Labute approximate surface area is 141 Å². The molecule has 118 valence electrons. The van der Waals surface area contributed by atoms with Gasteiger partial charge in [0.2, 0.25) is 5.91 Å². The third-order valence-corrected chi connectivity index (χ3v) is 5.36. The first-order valence-corrected chi connectivity index (χ1v) is 9.07. The number of thiazole rings is 1. The summed E-state index contributed by atoms with van der Waals surface area (Å²) in [6.07, 6.45) is 0. The van der Waals surface area contributed by atoms with Crippen LogP contribution in [0.2, 0.25) is 0 Å². The first-order chi connectivity index (χ1) is 11.1. The molecule has 0 atom stereocenters. The molecular formula is C17H15FN2OS2. The number of thioether (sulfide) groups is 1. The van der Waals surface area contributed by atoms with E-state index < -0.39 is 5.82 Å². The maximum Gasteiger partial charge on any atom is 0.234 e. The van der Waals surface area contributed by atoms with Gasteiger partial charge in [0.15, 0.2) is 0 Å². The van der Waals surface area contributed by atoms with Crippen molar-refractivity contribution in [2.24, 2.45) is 0 Å². The number of halogens is 1. The number of nitrogens with zero attached hydrogens (tertiary/aromatic N) is 1. The van der Waals surface area contributed by atoms with E-state index in [2.05, 4.69) is 10.3 Å². The largest absolute Gasteiger partial charge is 0.323 e. The highest BCUT2D eigenvalue weighted by atomic mass is 32.2. The van der Waals surface area contributed by atoms with E-state index in [4.69, 9.17) is 0 Å². The molecule has 1 N–H and O–H groups in total. The van der Waals surface area contributed by atoms with Crippen molar-refractivity contribution in [3.8, 4) is 0 Å². The van der Waals surface area contributed by atoms with E-state index in [0.717, 1.165) is 20.8 Å². The molecule has 0 saturated carbocycles. The van der Waals surface area contributed by atoms with Gasteiger partial charge in [0.05, 0.1) is 21.7 Å². The summed E-state index contributed by atoms with van der Waals surface area (Å²) < 4.78 is 14.8. The number of rotatable bonds is 5. The Bertz CT molecular complexity index is 814. The third kappa shape index (κ3) is 4.09. The van der Waals surface area contributed by atoms with Gasteiger partial charge in [-0.2, -0.15) is 0 Å². The Kier molecular flexibility index (Phi) is 4.93. The van der Waals surface area contributed by atoms with Crippen LogP contribution in [0.1, 0.15) is 10.6 Å². The van der Waals surface area contributed by atoms with Gasteiger partial charge in [-0.3, -0.25) is 4.79 Å². The van der Waals surface area contributed by atoms with E-state index in [9.17, 15) is 9.18 Å². The lowest BCUT2D eigenvalue weighted by Gasteiger charge is -2.06. The number of benzene rings is 2. The molecule has 1 aromatic heterocycles. The van der Waals surface area contributed by atoms with Crippen LogP contribution >= 0.6 is 23.1 Å². The second kappa shape index (κ2) is 7.10. The molecule has 0 fully saturated rings. The first kappa shape index (κ1) is 16.0. The van der Waals surface area contributed by atoms with Gasteiger partial charge >= 0.3 is 0 Å². The molecule has 0 bridgehead atoms. The van der Waals surface area contributed by atoms with E-state index in [0.29, 0.717) is 5.75 Å². The van der Waals surface area contributed by atoms with Crippen LogP contribution in [-0.2, 0) is 10.5 Å². The average molecular weight is 346 g/mol. The van der Waals surface area contributed by atoms with Gasteiger partial charge in [0.1, 0.15) is 10.8 Å². The zero-order chi connectivity index (χ0) is 16.2. The van der Waals surface area contributed by atoms with E-state index >= 15 is 0 Å². The molecule has 3 rings (SSSR count). The SMILES string of the molecule is Cc1ccc(NC(=O)CSCc2nc3ccccc3s2)c(F)c1. The van der Waals surface area contributed by atoms with Crippen LogP contribution in [0.4, 0.5) is 10.1 Å². The number of nitrogens with one attached hydrogen (secondary N) is 1. The molecule has 0 aliphatic carbocycles. The standard InChI is InChI=1S/C17H15FN2OS2/c1-11-6-7-13(12(18)8-11)19-16(21)9-22-10-17-20-14-4-2-3-5-15(14)23-17/h2-8H,9-10H2,1H3,(H,19,21). The van der Waals surface area contributed by atoms with Gasteiger partial charge in [-0.05, 0) is 36.8 Å². The summed E-state index contributed by atoms with van der Waals surface area (Å²) in [5.41, 5.74) is 2.03. The summed E-state index contributed by atoms with van der Waals surface area (Å²) in [4.78, 5) is 16.4. The van der Waals surface area contributed by atoms with Crippen LogP contribution in [0.3, 0.4) is 0 Å². The van der Waals surface area contributed by atoms with Crippen molar-refractivity contribution in [1.29, 1.82) is 0 Å². The van der Waals surface area contributed by atoms with Crippen LogP contribution in [0.25, 0.3) is 10.2 Å². The molecule has 6 heteroatoms. The molecule has 0 aliphatic rings. The number of para-hydroxylation sites is 1. The van der Waals surface area contributed by atoms with Crippen LogP contribution in [0.15, 0.2) is 42.5 Å². The Morgan fingerprint density at radius 1 is 1.30 bits per heavy atom. The molecule has 0 saturated heterocycles. The van der Waals surface area contributed by atoms with Gasteiger partial charge in [-0.25, -0.2) is 9.37 Å². The number of aromatic nitrogens is 1. The monoisotopic (exact) mass is 346 g/mol. The van der Waals surface area contributed by atoms with Gasteiger partial charge in [-0.1, -0.05) is 18.2 Å². The minimum absolute atomic E-state index is 0.209. The zero-order valence-corrected chi connectivity index (χ0v) is 14.1. The fraction of sp³-hybridized carbons (Fsp3) is 0.176. The third-order valence-electron chi connectivity index (χ3n) is 3.20. The Balaban J connectivity index is 1.52. The summed E-state index contributed by atoms with van der Waals surface area (Å²) in [5, 5.41) is 3.59. The highest BCUT2D eigenvalue weighted by molar-refractivity contribution is 7.99. The van der Waals surface area contributed by atoms with Crippen molar-refractivity contribution in [2.45, 2.75) is 12.7 Å². The van der Waals surface area contributed by atoms with Crippen molar-refractivity contribution in [1.82, 2.24) is 4.98 Å². The minimum atomic E-state index is -0.408. The summed E-state index contributed by atoms with van der Waals surface area (Å²) in [7, 11) is 0. The van der Waals surface area contributed by atoms with Crippen molar-refractivity contribution in [3.63, 3.8) is 0 Å². The quantitative estimate of drug-likeness (QED) is 0.733. The van der Waals surface area contributed by atoms with Crippen molar-refractivity contribution < 1.29 is 9.18 Å². The number of amides is 1. The van der Waals surface area contributed by atoms with Crippen molar-refractivity contribution in [3.05, 3.63) is 58.9 Å². The molecule has 1 heterocycles. The molecule has 0 aliphatic heterocycles. The fourth-order valence-electron chi connectivity index (χ4n) is 2.12. The summed E-state index contributed by atoms with van der Waals surface area (Å²) in [6.45, 7) is 1.81. The normalized spacial score (nSPS) is 10.9. The minimum Gasteiger partial charge on any atom is -0.323 e. The molecule has 0 radical (unpaired) electrons. The second-order valence-electron chi connectivity index (χ2n) is 5.10. The predicted molar refractivity (Wildman–Crippen MR) is 95.5 cm³/mol. The number of hydrogen-bond donors (Lipinski definition) is 1. The lowest BCUT2D eigenvalue weighted by atomic mass is 10.2. The topological polar surface area (TPSA) is 42.0 Å². The van der Waals surface area contributed by atoms with Crippen LogP contribution in [-0.4, -0.2) is 16.6 Å². The summed E-state index contributed by atoms with van der Waals surface area (Å²) in [5.74, 6) is 0.320. The maximum absolute atomic E-state index is 13.7. The highest BCUT2D eigenvalue weighted by Gasteiger charge is 2.09. The van der Waals surface area contributed by atoms with Gasteiger partial charge in [0, 0.05) is 5.75 Å². The van der Waals surface area contributed by atoms with Gasteiger partial charge in [0.25, 0.3) is 0 Å². The highest BCUT2D eigenvalue weighted by Crippen LogP contribution is 2.25. The van der Waals surface area contributed by atoms with Crippen LogP contribution < -0.4 is 5.32 Å². The van der Waals surface area contributed by atoms with E-state index in [1.807, 2.05) is 31.2 Å². The van der Waals surface area contributed by atoms with E-state index in [-0.39, 0.29) is 17.3 Å². The predicted octanol–water partition coefficient (Wildman–Crippen LogP) is 4.62. The van der Waals surface area contributed by atoms with Crippen molar-refractivity contribution in [2.75, 3.05) is 11.1 Å². The lowest BCUT2D eigenvalue weighted by Crippen LogP contribution is -2.15. The Hall–Kier alpha value is -1.92. The average Bonchev–Trinajstić information content (AvgIpc) is 2.93. The molecular weight excluding hydrogens is 331 g/mol. The molecule has 2 aromatic carbocycles. The van der Waals surface area contributed by atoms with Crippen LogP contribution in [0.5, 0.6) is 0 Å². The van der Waals surface area contributed by atoms with E-state index in [1.165, 1.54) is 17.8 Å². The molecule has 3 nitrogen and oxygen atoms in total. The number of carbonyl (C=O) groups is 1. The maximum atomic E-state index is 13.7. The smallest absolute Gasteiger partial charge is 0.234 e. The number of aryl methyl sites for hydroxylation is 1. The Morgan fingerprint density at radius 2 is 2.13 bits per heavy atom.